The number of carbonyl (C=O) groups is 1. The Kier molecular flexibility index (Phi) is 4.95. The van der Waals surface area contributed by atoms with E-state index in [0.29, 0.717) is 42.1 Å². The molecule has 6 heteroatoms. The summed E-state index contributed by atoms with van der Waals surface area (Å²) in [5.74, 6) is 0.601. The van der Waals surface area contributed by atoms with Crippen molar-refractivity contribution in [3.05, 3.63) is 63.7 Å². The number of nitrogens with two attached hydrogens (primary N) is 1. The van der Waals surface area contributed by atoms with Crippen LogP contribution >= 0.6 is 15.9 Å². The smallest absolute Gasteiger partial charge is 0.205 e. The van der Waals surface area contributed by atoms with Crippen LogP contribution in [0.3, 0.4) is 0 Å². The maximum atomic E-state index is 12.6. The van der Waals surface area contributed by atoms with Gasteiger partial charge in [-0.25, -0.2) is 0 Å². The Morgan fingerprint density at radius 3 is 3.00 bits per heavy atom. The molecule has 0 amide bonds. The molecule has 1 heterocycles. The van der Waals surface area contributed by atoms with Gasteiger partial charge in [-0.1, -0.05) is 28.6 Å². The molecule has 0 saturated heterocycles. The minimum absolute atomic E-state index is 0.0128. The molecule has 0 radical (unpaired) electrons. The van der Waals surface area contributed by atoms with E-state index in [1.54, 1.807) is 12.1 Å². The molecule has 5 nitrogen and oxygen atoms in total. The first-order chi connectivity index (χ1) is 12.1. The molecular formula is C19H17BrN2O3. The van der Waals surface area contributed by atoms with Crippen molar-refractivity contribution < 1.29 is 14.3 Å². The summed E-state index contributed by atoms with van der Waals surface area (Å²) in [6.45, 7) is 3.98. The zero-order chi connectivity index (χ0) is 18.0. The number of halogens is 1. The number of carbonyl (C=O) groups excluding carboxylic acids is 1. The molecular weight excluding hydrogens is 384 g/mol. The Labute approximate surface area is 154 Å². The van der Waals surface area contributed by atoms with E-state index in [-0.39, 0.29) is 17.2 Å². The van der Waals surface area contributed by atoms with Gasteiger partial charge in [0.1, 0.15) is 29.8 Å². The fraction of sp³-hybridized carbons (Fsp3) is 0.263. The van der Waals surface area contributed by atoms with Crippen LogP contribution in [0.25, 0.3) is 0 Å². The lowest BCUT2D eigenvalue weighted by Crippen LogP contribution is -2.27. The van der Waals surface area contributed by atoms with Gasteiger partial charge in [-0.3, -0.25) is 4.79 Å². The average molecular weight is 401 g/mol. The van der Waals surface area contributed by atoms with Gasteiger partial charge in [0.25, 0.3) is 0 Å². The van der Waals surface area contributed by atoms with Gasteiger partial charge in [-0.2, -0.15) is 5.26 Å². The summed E-state index contributed by atoms with van der Waals surface area (Å²) < 4.78 is 12.2. The van der Waals surface area contributed by atoms with Crippen LogP contribution in [0.4, 0.5) is 0 Å². The van der Waals surface area contributed by atoms with Gasteiger partial charge < -0.3 is 15.2 Å². The molecule has 128 valence electrons. The number of hydrogen-bond acceptors (Lipinski definition) is 5. The molecule has 1 aliphatic heterocycles. The maximum absolute atomic E-state index is 12.6. The second kappa shape index (κ2) is 7.16. The second-order valence-corrected chi connectivity index (χ2v) is 6.74. The topological polar surface area (TPSA) is 85.3 Å². The second-order valence-electron chi connectivity index (χ2n) is 5.82. The molecule has 0 fully saturated rings. The lowest BCUT2D eigenvalue weighted by molar-refractivity contribution is -0.116. The number of benzene rings is 1. The number of rotatable bonds is 4. The highest BCUT2D eigenvalue weighted by atomic mass is 79.9. The predicted molar refractivity (Wildman–Crippen MR) is 96.4 cm³/mol. The van der Waals surface area contributed by atoms with E-state index in [4.69, 9.17) is 15.2 Å². The van der Waals surface area contributed by atoms with Crippen molar-refractivity contribution in [3.63, 3.8) is 0 Å². The van der Waals surface area contributed by atoms with Gasteiger partial charge >= 0.3 is 0 Å². The molecule has 0 unspecified atom stereocenters. The Hall–Kier alpha value is -2.52. The predicted octanol–water partition coefficient (Wildman–Crippen LogP) is 3.83. The molecule has 1 atom stereocenters. The van der Waals surface area contributed by atoms with Gasteiger partial charge in [-0.15, -0.1) is 0 Å². The molecule has 1 aromatic rings. The number of ketones is 1. The van der Waals surface area contributed by atoms with E-state index >= 15 is 0 Å². The monoisotopic (exact) mass is 400 g/mol. The number of hydrogen-bond donors (Lipinski definition) is 1. The Bertz CT molecular complexity index is 849. The van der Waals surface area contributed by atoms with Crippen LogP contribution < -0.4 is 10.5 Å². The van der Waals surface area contributed by atoms with E-state index in [2.05, 4.69) is 28.6 Å². The van der Waals surface area contributed by atoms with E-state index in [1.165, 1.54) is 0 Å². The Morgan fingerprint density at radius 2 is 2.28 bits per heavy atom. The van der Waals surface area contributed by atoms with E-state index < -0.39 is 5.92 Å². The molecule has 0 bridgehead atoms. The van der Waals surface area contributed by atoms with Crippen LogP contribution in [-0.2, 0) is 9.53 Å². The SMILES string of the molecule is C=CCOc1ccc(Br)cc1[C@H]1C(C#N)=C(N)OC2=C1C(=O)CCC2. The molecule has 0 spiro atoms. The number of allylic oxidation sites excluding steroid dienone is 3. The number of Topliss-reactive ketones (excluding diaryl/α,β-unsaturated/α-hetero) is 1. The summed E-state index contributed by atoms with van der Waals surface area (Å²) in [4.78, 5) is 12.6. The first-order valence-electron chi connectivity index (χ1n) is 7.93. The van der Waals surface area contributed by atoms with Crippen LogP contribution in [0.15, 0.2) is 58.1 Å². The average Bonchev–Trinajstić information content (AvgIpc) is 2.59. The normalized spacial score (nSPS) is 19.8. The summed E-state index contributed by atoms with van der Waals surface area (Å²) in [5.41, 5.74) is 7.43. The zero-order valence-electron chi connectivity index (χ0n) is 13.5. The molecule has 25 heavy (non-hydrogen) atoms. The zero-order valence-corrected chi connectivity index (χ0v) is 15.1. The van der Waals surface area contributed by atoms with Crippen molar-refractivity contribution in [2.24, 2.45) is 5.73 Å². The Morgan fingerprint density at radius 1 is 1.48 bits per heavy atom. The van der Waals surface area contributed by atoms with Crippen LogP contribution in [0.2, 0.25) is 0 Å². The van der Waals surface area contributed by atoms with Crippen LogP contribution in [0, 0.1) is 11.3 Å². The third-order valence-corrected chi connectivity index (χ3v) is 4.74. The highest BCUT2D eigenvalue weighted by molar-refractivity contribution is 9.10. The first kappa shape index (κ1) is 17.3. The fourth-order valence-electron chi connectivity index (χ4n) is 3.19. The van der Waals surface area contributed by atoms with Gasteiger partial charge in [-0.05, 0) is 24.6 Å². The third-order valence-electron chi connectivity index (χ3n) is 4.24. The summed E-state index contributed by atoms with van der Waals surface area (Å²) in [5, 5.41) is 9.64. The number of nitrogens with zero attached hydrogens (tertiary/aromatic N) is 1. The summed E-state index contributed by atoms with van der Waals surface area (Å²) in [6, 6.07) is 7.61. The number of ether oxygens (including phenoxy) is 2. The largest absolute Gasteiger partial charge is 0.489 e. The summed E-state index contributed by atoms with van der Waals surface area (Å²) in [7, 11) is 0. The molecule has 3 rings (SSSR count). The van der Waals surface area contributed by atoms with Crippen molar-refractivity contribution in [2.75, 3.05) is 6.61 Å². The Balaban J connectivity index is 2.20. The first-order valence-corrected chi connectivity index (χ1v) is 8.73. The van der Waals surface area contributed by atoms with Crippen molar-refractivity contribution in [1.29, 1.82) is 5.26 Å². The highest BCUT2D eigenvalue weighted by Crippen LogP contribution is 2.46. The van der Waals surface area contributed by atoms with Crippen LogP contribution in [-0.4, -0.2) is 12.4 Å². The molecule has 1 aliphatic carbocycles. The fourth-order valence-corrected chi connectivity index (χ4v) is 3.57. The van der Waals surface area contributed by atoms with Crippen LogP contribution in [0.5, 0.6) is 5.75 Å². The van der Waals surface area contributed by atoms with Crippen molar-refractivity contribution in [1.82, 2.24) is 0 Å². The molecule has 2 N–H and O–H groups in total. The highest BCUT2D eigenvalue weighted by Gasteiger charge is 2.39. The maximum Gasteiger partial charge on any atom is 0.205 e. The van der Waals surface area contributed by atoms with Gasteiger partial charge in [0, 0.05) is 28.5 Å². The molecule has 0 saturated carbocycles. The van der Waals surface area contributed by atoms with Gasteiger partial charge in [0.2, 0.25) is 5.88 Å². The molecule has 1 aromatic carbocycles. The van der Waals surface area contributed by atoms with Crippen molar-refractivity contribution in [3.8, 4) is 11.8 Å². The quantitative estimate of drug-likeness (QED) is 0.776. The molecule has 0 aromatic heterocycles. The lowest BCUT2D eigenvalue weighted by Gasteiger charge is -2.31. The van der Waals surface area contributed by atoms with Gasteiger partial charge in [0.15, 0.2) is 5.78 Å². The third kappa shape index (κ3) is 3.20. The molecule has 2 aliphatic rings. The minimum atomic E-state index is -0.584. The van der Waals surface area contributed by atoms with E-state index in [9.17, 15) is 10.1 Å². The minimum Gasteiger partial charge on any atom is -0.489 e. The van der Waals surface area contributed by atoms with Gasteiger partial charge in [0.05, 0.1) is 5.92 Å². The standard InChI is InChI=1S/C19H17BrN2O3/c1-2-8-24-15-7-6-11(20)9-12(15)17-13(10-21)19(22)25-16-5-3-4-14(23)18(16)17/h2,6-7,9,17H,1,3-5,8,22H2/t17-/m0/s1. The van der Waals surface area contributed by atoms with Crippen molar-refractivity contribution in [2.45, 2.75) is 25.2 Å². The van der Waals surface area contributed by atoms with Crippen molar-refractivity contribution >= 4 is 21.7 Å². The van der Waals surface area contributed by atoms with E-state index in [0.717, 1.165) is 10.9 Å². The summed E-state index contributed by atoms with van der Waals surface area (Å²) >= 11 is 3.45. The number of nitriles is 1. The summed E-state index contributed by atoms with van der Waals surface area (Å²) in [6.07, 6.45) is 3.43. The van der Waals surface area contributed by atoms with Crippen LogP contribution in [0.1, 0.15) is 30.7 Å². The van der Waals surface area contributed by atoms with E-state index in [1.807, 2.05) is 12.1 Å². The lowest BCUT2D eigenvalue weighted by atomic mass is 9.77.